The van der Waals surface area contributed by atoms with Crippen LogP contribution in [0.25, 0.3) is 0 Å². The highest BCUT2D eigenvalue weighted by atomic mass is 31.2. The number of hydrogen-bond donors (Lipinski definition) is 0. The van der Waals surface area contributed by atoms with Crippen LogP contribution in [0.3, 0.4) is 0 Å². The average Bonchev–Trinajstić information content (AvgIpc) is 2.59. The minimum atomic E-state index is -1.58. The summed E-state index contributed by atoms with van der Waals surface area (Å²) < 4.78 is 5.43. The lowest BCUT2D eigenvalue weighted by molar-refractivity contribution is 0.628. The molecule has 0 fully saturated rings. The predicted molar refractivity (Wildman–Crippen MR) is 90.4 cm³/mol. The highest BCUT2D eigenvalue weighted by Gasteiger charge is 2.50. The molecule has 1 rings (SSSR count). The number of allylic oxidation sites excluding steroid dienone is 3. The van der Waals surface area contributed by atoms with E-state index in [2.05, 4.69) is 80.5 Å². The third-order valence-corrected chi connectivity index (χ3v) is 10.3. The van der Waals surface area contributed by atoms with Crippen LogP contribution in [0.2, 0.25) is 0 Å². The Hall–Kier alpha value is -0.290. The summed E-state index contributed by atoms with van der Waals surface area (Å²) in [6.45, 7) is 21.4. The van der Waals surface area contributed by atoms with Gasteiger partial charge in [-0.15, -0.1) is 0 Å². The van der Waals surface area contributed by atoms with Gasteiger partial charge >= 0.3 is 0 Å². The van der Waals surface area contributed by atoms with E-state index in [9.17, 15) is 0 Å². The smallest absolute Gasteiger partial charge is 0.0425 e. The van der Waals surface area contributed by atoms with Crippen LogP contribution in [0.1, 0.15) is 68.7 Å². The van der Waals surface area contributed by atoms with E-state index in [0.717, 1.165) is 6.42 Å². The van der Waals surface area contributed by atoms with Gasteiger partial charge in [0.1, 0.15) is 0 Å². The molecule has 0 aromatic rings. The zero-order valence-corrected chi connectivity index (χ0v) is 15.2. The zero-order chi connectivity index (χ0) is 15.1. The molecule has 0 aromatic carbocycles. The highest BCUT2D eigenvalue weighted by Crippen LogP contribution is 2.77. The Morgan fingerprint density at radius 1 is 0.842 bits per heavy atom. The van der Waals surface area contributed by atoms with Gasteiger partial charge in [-0.1, -0.05) is 74.5 Å². The summed E-state index contributed by atoms with van der Waals surface area (Å²) in [5.74, 6) is 0. The minimum absolute atomic E-state index is 0.215. The lowest BCUT2D eigenvalue weighted by atomic mass is 10.2. The van der Waals surface area contributed by atoms with Gasteiger partial charge in [-0.3, -0.25) is 4.74 Å². The molecule has 0 spiro atoms. The fourth-order valence-corrected chi connectivity index (χ4v) is 11.6. The van der Waals surface area contributed by atoms with Crippen LogP contribution in [0, 0.1) is 0 Å². The van der Waals surface area contributed by atoms with Crippen LogP contribution in [-0.2, 0) is 0 Å². The quantitative estimate of drug-likeness (QED) is 0.491. The van der Waals surface area contributed by atoms with Crippen LogP contribution in [0.5, 0.6) is 0 Å². The van der Waals surface area contributed by atoms with E-state index >= 15 is 0 Å². The molecular formula is C17H32NP. The van der Waals surface area contributed by atoms with E-state index in [1.165, 1.54) is 5.70 Å². The molecule has 0 heterocycles. The van der Waals surface area contributed by atoms with Crippen molar-refractivity contribution in [3.8, 4) is 0 Å². The molecule has 1 aliphatic carbocycles. The summed E-state index contributed by atoms with van der Waals surface area (Å²) >= 11 is 0. The molecule has 19 heavy (non-hydrogen) atoms. The molecule has 0 amide bonds. The largest absolute Gasteiger partial charge is 0.270 e. The first-order chi connectivity index (χ1) is 8.33. The summed E-state index contributed by atoms with van der Waals surface area (Å²) in [5.41, 5.74) is 1.27. The van der Waals surface area contributed by atoms with Gasteiger partial charge in [0.15, 0.2) is 0 Å². The van der Waals surface area contributed by atoms with E-state index < -0.39 is 7.05 Å². The molecule has 0 aliphatic heterocycles. The van der Waals surface area contributed by atoms with Crippen LogP contribution >= 0.6 is 7.05 Å². The number of nitrogens with zero attached hydrogens (tertiary/aromatic N) is 1. The minimum Gasteiger partial charge on any atom is -0.270 e. The fourth-order valence-electron chi connectivity index (χ4n) is 4.17. The Balaban J connectivity index is 3.65. The molecule has 0 bridgehead atoms. The molecule has 0 radical (unpaired) electrons. The van der Waals surface area contributed by atoms with Gasteiger partial charge in [0, 0.05) is 12.1 Å². The molecule has 1 nitrogen and oxygen atoms in total. The monoisotopic (exact) mass is 281 g/mol. The lowest BCUT2D eigenvalue weighted by Gasteiger charge is -2.54. The third-order valence-electron chi connectivity index (χ3n) is 3.94. The van der Waals surface area contributed by atoms with Crippen molar-refractivity contribution in [2.45, 2.75) is 84.2 Å². The average molecular weight is 281 g/mol. The second-order valence-electron chi connectivity index (χ2n) is 8.54. The number of rotatable bonds is 1. The van der Waals surface area contributed by atoms with Crippen molar-refractivity contribution in [2.75, 3.05) is 0 Å². The predicted octanol–water partition coefficient (Wildman–Crippen LogP) is 6.43. The van der Waals surface area contributed by atoms with Gasteiger partial charge in [0.2, 0.25) is 0 Å². The van der Waals surface area contributed by atoms with Crippen molar-refractivity contribution in [3.63, 3.8) is 0 Å². The van der Waals surface area contributed by atoms with Gasteiger partial charge < -0.3 is 0 Å². The molecule has 0 N–H and O–H groups in total. The standard InChI is InChI=1S/C17H32NP/c1-15(2,3)19(16(4,5)6,17(7,8)9)18-14-12-10-11-13-14/h10-12H,13H2,1-9H3. The highest BCUT2D eigenvalue weighted by molar-refractivity contribution is 7.70. The molecule has 1 aliphatic rings. The van der Waals surface area contributed by atoms with Crippen LogP contribution in [-0.4, -0.2) is 15.5 Å². The molecule has 0 saturated heterocycles. The molecule has 0 saturated carbocycles. The van der Waals surface area contributed by atoms with Crippen molar-refractivity contribution in [3.05, 3.63) is 23.9 Å². The molecule has 0 unspecified atom stereocenters. The van der Waals surface area contributed by atoms with E-state index in [1.54, 1.807) is 0 Å². The van der Waals surface area contributed by atoms with Crippen molar-refractivity contribution in [1.29, 1.82) is 0 Å². The SMILES string of the molecule is CC(C)(C)P(=NC1=CC=CC1)(C(C)(C)C)C(C)(C)C. The summed E-state index contributed by atoms with van der Waals surface area (Å²) in [5, 5.41) is 0.646. The topological polar surface area (TPSA) is 12.4 Å². The lowest BCUT2D eigenvalue weighted by Crippen LogP contribution is -2.39. The van der Waals surface area contributed by atoms with Crippen molar-refractivity contribution >= 4 is 7.05 Å². The fraction of sp³-hybridized carbons (Fsp3) is 0.765. The first-order valence-electron chi connectivity index (χ1n) is 7.31. The molecule has 2 heteroatoms. The molecule has 0 aromatic heterocycles. The maximum atomic E-state index is 5.43. The maximum absolute atomic E-state index is 5.43. The third kappa shape index (κ3) is 2.92. The van der Waals surface area contributed by atoms with Gasteiger partial charge in [-0.2, -0.15) is 0 Å². The Bertz CT molecular complexity index is 402. The van der Waals surface area contributed by atoms with Crippen molar-refractivity contribution < 1.29 is 0 Å². The number of hydrogen-bond acceptors (Lipinski definition) is 1. The van der Waals surface area contributed by atoms with Crippen LogP contribution < -0.4 is 0 Å². The van der Waals surface area contributed by atoms with Gasteiger partial charge in [0.25, 0.3) is 0 Å². The molecular weight excluding hydrogens is 249 g/mol. The first-order valence-corrected chi connectivity index (χ1v) is 9.05. The second kappa shape index (κ2) is 4.92. The Morgan fingerprint density at radius 3 is 1.53 bits per heavy atom. The van der Waals surface area contributed by atoms with Crippen molar-refractivity contribution in [1.82, 2.24) is 0 Å². The van der Waals surface area contributed by atoms with E-state index in [0.29, 0.717) is 0 Å². The summed E-state index contributed by atoms with van der Waals surface area (Å²) in [4.78, 5) is 0. The van der Waals surface area contributed by atoms with Crippen LogP contribution in [0.4, 0.5) is 0 Å². The van der Waals surface area contributed by atoms with E-state index in [4.69, 9.17) is 4.74 Å². The molecule has 110 valence electrons. The normalized spacial score (nSPS) is 17.6. The van der Waals surface area contributed by atoms with Gasteiger partial charge in [0.05, 0.1) is 0 Å². The van der Waals surface area contributed by atoms with E-state index in [1.807, 2.05) is 0 Å². The first kappa shape index (κ1) is 16.8. The van der Waals surface area contributed by atoms with Crippen molar-refractivity contribution in [2.24, 2.45) is 4.74 Å². The summed E-state index contributed by atoms with van der Waals surface area (Å²) in [6.07, 6.45) is 7.55. The van der Waals surface area contributed by atoms with Crippen LogP contribution in [0.15, 0.2) is 28.7 Å². The Kier molecular flexibility index (Phi) is 4.34. The summed E-state index contributed by atoms with van der Waals surface area (Å²) in [6, 6.07) is 0. The Morgan fingerprint density at radius 2 is 1.26 bits per heavy atom. The zero-order valence-electron chi connectivity index (χ0n) is 14.3. The maximum Gasteiger partial charge on any atom is 0.0425 e. The molecule has 0 atom stereocenters. The van der Waals surface area contributed by atoms with E-state index in [-0.39, 0.29) is 15.5 Å². The van der Waals surface area contributed by atoms with Gasteiger partial charge in [-0.25, -0.2) is 0 Å². The second-order valence-corrected chi connectivity index (χ2v) is 14.0. The van der Waals surface area contributed by atoms with Gasteiger partial charge in [-0.05, 0) is 28.6 Å². The Labute approximate surface area is 120 Å². The summed E-state index contributed by atoms with van der Waals surface area (Å²) in [7, 11) is -1.58.